The van der Waals surface area contributed by atoms with E-state index in [0.29, 0.717) is 5.56 Å². The van der Waals surface area contributed by atoms with Crippen LogP contribution in [0.15, 0.2) is 36.9 Å². The number of alkyl carbamates (subject to hydrolysis) is 1. The molecule has 34 heavy (non-hydrogen) atoms. The highest BCUT2D eigenvalue weighted by Gasteiger charge is 2.37. The molecule has 0 aliphatic heterocycles. The lowest BCUT2D eigenvalue weighted by molar-refractivity contribution is -0.143. The molecule has 1 aromatic rings. The lowest BCUT2D eigenvalue weighted by Crippen LogP contribution is -2.56. The Labute approximate surface area is 205 Å². The molecule has 0 saturated carbocycles. The molecule has 0 aliphatic carbocycles. The van der Waals surface area contributed by atoms with Crippen LogP contribution >= 0.6 is 0 Å². The van der Waals surface area contributed by atoms with Crippen molar-refractivity contribution < 1.29 is 19.1 Å². The molecule has 2 N–H and O–H groups in total. The maximum Gasteiger partial charge on any atom is 0.408 e. The van der Waals surface area contributed by atoms with E-state index in [9.17, 15) is 14.4 Å². The second kappa shape index (κ2) is 12.0. The van der Waals surface area contributed by atoms with Gasteiger partial charge in [-0.2, -0.15) is 0 Å². The number of carbonyl (C=O) groups is 3. The first kappa shape index (κ1) is 29.2. The fraction of sp³-hybridized carbons (Fsp3) is 0.593. The largest absolute Gasteiger partial charge is 0.444 e. The predicted molar refractivity (Wildman–Crippen MR) is 136 cm³/mol. The smallest absolute Gasteiger partial charge is 0.408 e. The Balaban J connectivity index is 3.45. The summed E-state index contributed by atoms with van der Waals surface area (Å²) in [5.74, 6) is -0.915. The summed E-state index contributed by atoms with van der Waals surface area (Å²) >= 11 is 0. The van der Waals surface area contributed by atoms with Gasteiger partial charge in [0.2, 0.25) is 11.8 Å². The van der Waals surface area contributed by atoms with Crippen LogP contribution in [0.4, 0.5) is 4.79 Å². The number of hydrogen-bond acceptors (Lipinski definition) is 4. The van der Waals surface area contributed by atoms with E-state index in [-0.39, 0.29) is 24.3 Å². The topological polar surface area (TPSA) is 87.7 Å². The summed E-state index contributed by atoms with van der Waals surface area (Å²) in [6.07, 6.45) is 1.77. The van der Waals surface area contributed by atoms with E-state index in [1.807, 2.05) is 58.9 Å². The summed E-state index contributed by atoms with van der Waals surface area (Å²) in [6.45, 7) is 20.6. The van der Waals surface area contributed by atoms with Crippen LogP contribution in [0.2, 0.25) is 0 Å². The van der Waals surface area contributed by atoms with Crippen molar-refractivity contribution in [3.05, 3.63) is 48.0 Å². The first-order chi connectivity index (χ1) is 15.6. The number of nitrogens with one attached hydrogen (secondary N) is 2. The Kier molecular flexibility index (Phi) is 10.3. The summed E-state index contributed by atoms with van der Waals surface area (Å²) in [4.78, 5) is 41.3. The first-order valence-electron chi connectivity index (χ1n) is 11.9. The van der Waals surface area contributed by atoms with Crippen molar-refractivity contribution in [3.8, 4) is 0 Å². The zero-order chi connectivity index (χ0) is 26.3. The van der Waals surface area contributed by atoms with E-state index in [0.717, 1.165) is 12.0 Å². The van der Waals surface area contributed by atoms with Gasteiger partial charge in [-0.05, 0) is 65.0 Å². The number of amides is 3. The van der Waals surface area contributed by atoms with Gasteiger partial charge in [-0.15, -0.1) is 6.58 Å². The first-order valence-corrected chi connectivity index (χ1v) is 11.9. The number of aryl methyl sites for hydroxylation is 1. The lowest BCUT2D eigenvalue weighted by atomic mass is 9.97. The molecular weight excluding hydrogens is 430 g/mol. The van der Waals surface area contributed by atoms with Gasteiger partial charge in [0.1, 0.15) is 17.7 Å². The molecular formula is C27H43N3O4. The van der Waals surface area contributed by atoms with Gasteiger partial charge < -0.3 is 20.3 Å². The highest BCUT2D eigenvalue weighted by Crippen LogP contribution is 2.25. The summed E-state index contributed by atoms with van der Waals surface area (Å²) in [6, 6.07) is 5.90. The third-order valence-electron chi connectivity index (χ3n) is 4.98. The molecule has 0 spiro atoms. The Morgan fingerprint density at radius 3 is 2.03 bits per heavy atom. The van der Waals surface area contributed by atoms with Crippen molar-refractivity contribution in [1.82, 2.24) is 15.5 Å². The number of benzene rings is 1. The van der Waals surface area contributed by atoms with Gasteiger partial charge in [0.15, 0.2) is 0 Å². The van der Waals surface area contributed by atoms with Gasteiger partial charge in [-0.3, -0.25) is 9.59 Å². The molecule has 0 heterocycles. The van der Waals surface area contributed by atoms with Crippen molar-refractivity contribution in [1.29, 1.82) is 0 Å². The quantitative estimate of drug-likeness (QED) is 0.506. The second-order valence-electron chi connectivity index (χ2n) is 10.9. The molecule has 190 valence electrons. The lowest BCUT2D eigenvalue weighted by Gasteiger charge is -2.36. The van der Waals surface area contributed by atoms with Gasteiger partial charge in [-0.25, -0.2) is 4.79 Å². The molecule has 2 atom stereocenters. The summed E-state index contributed by atoms with van der Waals surface area (Å²) < 4.78 is 5.37. The van der Waals surface area contributed by atoms with Gasteiger partial charge in [-0.1, -0.05) is 51.1 Å². The van der Waals surface area contributed by atoms with Crippen LogP contribution in [0, 0.1) is 5.92 Å². The molecule has 0 aromatic heterocycles. The molecule has 7 heteroatoms. The molecule has 0 radical (unpaired) electrons. The van der Waals surface area contributed by atoms with Gasteiger partial charge in [0.05, 0.1) is 0 Å². The molecule has 0 fully saturated rings. The summed E-state index contributed by atoms with van der Waals surface area (Å²) in [7, 11) is 0. The van der Waals surface area contributed by atoms with E-state index in [2.05, 4.69) is 24.1 Å². The number of carbonyl (C=O) groups excluding carboxylic acids is 3. The number of rotatable bonds is 9. The maximum absolute atomic E-state index is 13.8. The highest BCUT2D eigenvalue weighted by atomic mass is 16.6. The average Bonchev–Trinajstić information content (AvgIpc) is 2.68. The van der Waals surface area contributed by atoms with Gasteiger partial charge in [0, 0.05) is 12.1 Å². The molecule has 0 saturated heterocycles. The second-order valence-corrected chi connectivity index (χ2v) is 10.9. The van der Waals surface area contributed by atoms with E-state index in [4.69, 9.17) is 4.74 Å². The fourth-order valence-corrected chi connectivity index (χ4v) is 3.43. The summed E-state index contributed by atoms with van der Waals surface area (Å²) in [5, 5.41) is 5.71. The van der Waals surface area contributed by atoms with Gasteiger partial charge in [0.25, 0.3) is 0 Å². The van der Waals surface area contributed by atoms with Crippen molar-refractivity contribution in [2.75, 3.05) is 6.54 Å². The third kappa shape index (κ3) is 9.20. The monoisotopic (exact) mass is 473 g/mol. The van der Waals surface area contributed by atoms with E-state index < -0.39 is 29.3 Å². The number of ether oxygens (including phenoxy) is 1. The highest BCUT2D eigenvalue weighted by molar-refractivity contribution is 5.92. The van der Waals surface area contributed by atoms with Gasteiger partial charge >= 0.3 is 6.09 Å². The van der Waals surface area contributed by atoms with Crippen LogP contribution < -0.4 is 10.6 Å². The minimum Gasteiger partial charge on any atom is -0.444 e. The minimum absolute atomic E-state index is 0.135. The molecule has 7 nitrogen and oxygen atoms in total. The number of nitrogens with zero attached hydrogens (tertiary/aromatic N) is 1. The predicted octanol–water partition coefficient (Wildman–Crippen LogP) is 4.77. The number of hydrogen-bond donors (Lipinski definition) is 2. The van der Waals surface area contributed by atoms with Crippen LogP contribution in [0.1, 0.15) is 79.5 Å². The minimum atomic E-state index is -0.891. The van der Waals surface area contributed by atoms with Crippen molar-refractivity contribution in [2.24, 2.45) is 5.92 Å². The average molecular weight is 474 g/mol. The molecule has 3 amide bonds. The normalized spacial score (nSPS) is 13.6. The molecule has 0 aliphatic rings. The van der Waals surface area contributed by atoms with Crippen LogP contribution in [-0.2, 0) is 20.7 Å². The molecule has 2 unspecified atom stereocenters. The Morgan fingerprint density at radius 1 is 1.06 bits per heavy atom. The van der Waals surface area contributed by atoms with Crippen LogP contribution in [0.5, 0.6) is 0 Å². The Bertz CT molecular complexity index is 848. The van der Waals surface area contributed by atoms with Crippen LogP contribution in [0.3, 0.4) is 0 Å². The standard InChI is InChI=1S/C27H43N3O4/c1-11-17-30(24(32)21(18(3)4)28-25(33)34-27(8,9)10)22(23(31)29-26(5,6)7)20-15-13-19(12-2)14-16-20/h11,13-16,18,21-22H,1,12,17H2,2-10H3,(H,28,33)(H,29,31). The third-order valence-corrected chi connectivity index (χ3v) is 4.98. The van der Waals surface area contributed by atoms with Crippen molar-refractivity contribution in [2.45, 2.75) is 92.0 Å². The fourth-order valence-electron chi connectivity index (χ4n) is 3.43. The van der Waals surface area contributed by atoms with Crippen molar-refractivity contribution >= 4 is 17.9 Å². The van der Waals surface area contributed by atoms with Crippen LogP contribution in [-0.4, -0.2) is 46.5 Å². The van der Waals surface area contributed by atoms with E-state index in [1.165, 1.54) is 4.90 Å². The zero-order valence-corrected chi connectivity index (χ0v) is 22.3. The SMILES string of the molecule is C=CCN(C(=O)C(NC(=O)OC(C)(C)C)C(C)C)C(C(=O)NC(C)(C)C)c1ccc(CC)cc1. The van der Waals surface area contributed by atoms with E-state index >= 15 is 0 Å². The molecule has 1 aromatic carbocycles. The Hall–Kier alpha value is -2.83. The van der Waals surface area contributed by atoms with Crippen LogP contribution in [0.25, 0.3) is 0 Å². The maximum atomic E-state index is 13.8. The Morgan fingerprint density at radius 2 is 1.62 bits per heavy atom. The summed E-state index contributed by atoms with van der Waals surface area (Å²) in [5.41, 5.74) is 0.625. The van der Waals surface area contributed by atoms with E-state index in [1.54, 1.807) is 26.8 Å². The molecule has 1 rings (SSSR count). The van der Waals surface area contributed by atoms with Crippen molar-refractivity contribution in [3.63, 3.8) is 0 Å². The zero-order valence-electron chi connectivity index (χ0n) is 22.3. The molecule has 0 bridgehead atoms.